The third-order valence-electron chi connectivity index (χ3n) is 2.56. The number of hydrogen-bond donors (Lipinski definition) is 2. The fourth-order valence-electron chi connectivity index (χ4n) is 1.63. The summed E-state index contributed by atoms with van der Waals surface area (Å²) in [5.41, 5.74) is 2.69. The summed E-state index contributed by atoms with van der Waals surface area (Å²) in [6.45, 7) is 0. The molecule has 0 spiro atoms. The molecule has 0 aromatic heterocycles. The molecule has 0 heterocycles. The van der Waals surface area contributed by atoms with E-state index in [9.17, 15) is 13.2 Å². The first-order chi connectivity index (χ1) is 9.58. The maximum Gasteiger partial charge on any atom is 0.340 e. The molecule has 0 fully saturated rings. The first-order valence-electron chi connectivity index (χ1n) is 5.63. The van der Waals surface area contributed by atoms with Gasteiger partial charge < -0.3 is 9.61 Å². The Kier molecular flexibility index (Phi) is 4.02. The van der Waals surface area contributed by atoms with Crippen LogP contribution in [0.15, 0.2) is 53.4 Å². The smallest absolute Gasteiger partial charge is 0.340 e. The van der Waals surface area contributed by atoms with Crippen molar-refractivity contribution in [3.8, 4) is 5.75 Å². The van der Waals surface area contributed by atoms with Crippen molar-refractivity contribution in [3.63, 3.8) is 0 Å². The molecule has 0 saturated heterocycles. The molecule has 2 rings (SSSR count). The highest BCUT2D eigenvalue weighted by molar-refractivity contribution is 7.87. The topological polar surface area (TPSA) is 98.5 Å². The lowest BCUT2D eigenvalue weighted by Crippen LogP contribution is -2.14. The second kappa shape index (κ2) is 5.72. The van der Waals surface area contributed by atoms with Gasteiger partial charge >= 0.3 is 10.1 Å². The van der Waals surface area contributed by atoms with E-state index in [0.29, 0.717) is 12.0 Å². The van der Waals surface area contributed by atoms with E-state index in [1.54, 1.807) is 24.3 Å². The van der Waals surface area contributed by atoms with Gasteiger partial charge in [-0.3, -0.25) is 10.6 Å². The van der Waals surface area contributed by atoms with Gasteiger partial charge in [-0.15, -0.1) is 0 Å². The minimum absolute atomic E-state index is 0.0330. The van der Waals surface area contributed by atoms with Gasteiger partial charge in [0.2, 0.25) is 0 Å². The van der Waals surface area contributed by atoms with E-state index < -0.39 is 10.1 Å². The summed E-state index contributed by atoms with van der Waals surface area (Å²) in [6.07, 6.45) is 0.462. The quantitative estimate of drug-likeness (QED) is 0.375. The van der Waals surface area contributed by atoms with Gasteiger partial charge in [0, 0.05) is 5.56 Å². The zero-order chi connectivity index (χ0) is 14.6. The maximum atomic E-state index is 12.2. The van der Waals surface area contributed by atoms with Crippen LogP contribution in [0.25, 0.3) is 0 Å². The minimum Gasteiger partial charge on any atom is -0.377 e. The average molecular weight is 292 g/mol. The Morgan fingerprint density at radius 2 is 1.70 bits per heavy atom. The fraction of sp³-hybridized carbons (Fsp3) is 0. The molecule has 7 heteroatoms. The third-order valence-corrected chi connectivity index (χ3v) is 3.87. The normalized spacial score (nSPS) is 10.8. The predicted octanol–water partition coefficient (Wildman–Crippen LogP) is 1.55. The number of benzene rings is 2. The van der Waals surface area contributed by atoms with E-state index in [-0.39, 0.29) is 16.2 Å². The van der Waals surface area contributed by atoms with Gasteiger partial charge in [-0.2, -0.15) is 8.42 Å². The molecule has 0 amide bonds. The van der Waals surface area contributed by atoms with Crippen LogP contribution in [0, 0.1) is 0 Å². The Morgan fingerprint density at radius 3 is 2.40 bits per heavy atom. The van der Waals surface area contributed by atoms with E-state index in [1.807, 2.05) is 0 Å². The fourth-order valence-corrected chi connectivity index (χ4v) is 2.75. The Balaban J connectivity index is 2.44. The molecule has 0 atom stereocenters. The standard InChI is InChI=1S/C13H12N2O4S/c14-15-11-6-2-3-7-12(11)19-20(17,18)13-8-4-1-5-10(13)9-16/h1-9,15H,14H2. The van der Waals surface area contributed by atoms with Gasteiger partial charge in [0.25, 0.3) is 0 Å². The summed E-state index contributed by atoms with van der Waals surface area (Å²) in [5, 5.41) is 0. The molecule has 6 nitrogen and oxygen atoms in total. The van der Waals surface area contributed by atoms with Gasteiger partial charge in [-0.05, 0) is 18.2 Å². The summed E-state index contributed by atoms with van der Waals surface area (Å²) >= 11 is 0. The molecule has 104 valence electrons. The van der Waals surface area contributed by atoms with Gasteiger partial charge in [-0.25, -0.2) is 0 Å². The van der Waals surface area contributed by atoms with Crippen LogP contribution in [0.2, 0.25) is 0 Å². The van der Waals surface area contributed by atoms with Crippen LogP contribution in [0.5, 0.6) is 5.75 Å². The number of carbonyl (C=O) groups excluding carboxylic acids is 1. The number of hydrogen-bond acceptors (Lipinski definition) is 6. The summed E-state index contributed by atoms with van der Waals surface area (Å²) in [4.78, 5) is 10.7. The molecule has 0 aliphatic rings. The molecule has 0 saturated carbocycles. The summed E-state index contributed by atoms with van der Waals surface area (Å²) in [7, 11) is -4.12. The first kappa shape index (κ1) is 14.0. The molecule has 0 aliphatic heterocycles. The molecule has 20 heavy (non-hydrogen) atoms. The van der Waals surface area contributed by atoms with E-state index in [0.717, 1.165) is 0 Å². The molecule has 2 aromatic carbocycles. The SMILES string of the molecule is NNc1ccccc1OS(=O)(=O)c1ccccc1C=O. The van der Waals surface area contributed by atoms with Crippen LogP contribution >= 0.6 is 0 Å². The molecule has 2 aromatic rings. The van der Waals surface area contributed by atoms with Crippen LogP contribution in [-0.4, -0.2) is 14.7 Å². The van der Waals surface area contributed by atoms with Crippen molar-refractivity contribution >= 4 is 22.1 Å². The van der Waals surface area contributed by atoms with Crippen LogP contribution in [0.3, 0.4) is 0 Å². The molecule has 0 radical (unpaired) electrons. The van der Waals surface area contributed by atoms with Crippen LogP contribution in [0.4, 0.5) is 5.69 Å². The molecular weight excluding hydrogens is 280 g/mol. The lowest BCUT2D eigenvalue weighted by Gasteiger charge is -2.11. The van der Waals surface area contributed by atoms with Gasteiger partial charge in [0.05, 0.1) is 5.69 Å². The number of anilines is 1. The van der Waals surface area contributed by atoms with Gasteiger partial charge in [-0.1, -0.05) is 30.3 Å². The number of rotatable bonds is 5. The van der Waals surface area contributed by atoms with Crippen LogP contribution in [0.1, 0.15) is 10.4 Å². The van der Waals surface area contributed by atoms with Gasteiger partial charge in [0.15, 0.2) is 12.0 Å². The largest absolute Gasteiger partial charge is 0.377 e. The maximum absolute atomic E-state index is 12.2. The second-order valence-corrected chi connectivity index (χ2v) is 5.35. The monoisotopic (exact) mass is 292 g/mol. The molecular formula is C13H12N2O4S. The van der Waals surface area contributed by atoms with E-state index in [2.05, 4.69) is 5.43 Å². The van der Waals surface area contributed by atoms with Crippen molar-refractivity contribution in [1.82, 2.24) is 0 Å². The molecule has 0 bridgehead atoms. The third kappa shape index (κ3) is 2.79. The number of hydrazine groups is 1. The zero-order valence-electron chi connectivity index (χ0n) is 10.3. The van der Waals surface area contributed by atoms with Crippen molar-refractivity contribution in [2.45, 2.75) is 4.90 Å². The Hall–Kier alpha value is -2.38. The predicted molar refractivity (Wildman–Crippen MR) is 73.9 cm³/mol. The summed E-state index contributed by atoms with van der Waals surface area (Å²) < 4.78 is 29.4. The number of aldehydes is 1. The molecule has 0 aliphatic carbocycles. The zero-order valence-corrected chi connectivity index (χ0v) is 11.1. The van der Waals surface area contributed by atoms with E-state index in [1.165, 1.54) is 24.3 Å². The highest BCUT2D eigenvalue weighted by Crippen LogP contribution is 2.27. The van der Waals surface area contributed by atoms with Crippen molar-refractivity contribution in [2.24, 2.45) is 5.84 Å². The van der Waals surface area contributed by atoms with Crippen molar-refractivity contribution in [2.75, 3.05) is 5.43 Å². The van der Waals surface area contributed by atoms with Gasteiger partial charge in [0.1, 0.15) is 4.90 Å². The Morgan fingerprint density at radius 1 is 1.05 bits per heavy atom. The highest BCUT2D eigenvalue weighted by atomic mass is 32.2. The van der Waals surface area contributed by atoms with Crippen molar-refractivity contribution < 1.29 is 17.4 Å². The van der Waals surface area contributed by atoms with Crippen LogP contribution < -0.4 is 15.5 Å². The number of nitrogens with one attached hydrogen (secondary N) is 1. The van der Waals surface area contributed by atoms with Crippen molar-refractivity contribution in [1.29, 1.82) is 0 Å². The summed E-state index contributed by atoms with van der Waals surface area (Å²) in [6, 6.07) is 12.1. The minimum atomic E-state index is -4.12. The molecule has 0 unspecified atom stereocenters. The number of para-hydroxylation sites is 2. The number of nitrogens with two attached hydrogens (primary N) is 1. The molecule has 3 N–H and O–H groups in total. The number of nitrogen functional groups attached to an aromatic ring is 1. The summed E-state index contributed by atoms with van der Waals surface area (Å²) in [5.74, 6) is 5.33. The lowest BCUT2D eigenvalue weighted by atomic mass is 10.2. The van der Waals surface area contributed by atoms with E-state index >= 15 is 0 Å². The average Bonchev–Trinajstić information content (AvgIpc) is 2.47. The number of carbonyl (C=O) groups is 1. The van der Waals surface area contributed by atoms with E-state index in [4.69, 9.17) is 10.0 Å². The van der Waals surface area contributed by atoms with Crippen LogP contribution in [-0.2, 0) is 10.1 Å². The first-order valence-corrected chi connectivity index (χ1v) is 7.03. The second-order valence-electron chi connectivity index (χ2n) is 3.83. The Bertz CT molecular complexity index is 729. The highest BCUT2D eigenvalue weighted by Gasteiger charge is 2.21. The van der Waals surface area contributed by atoms with Crippen molar-refractivity contribution in [3.05, 3.63) is 54.1 Å². The Labute approximate surface area is 116 Å². The lowest BCUT2D eigenvalue weighted by molar-refractivity contribution is 0.112.